The van der Waals surface area contributed by atoms with E-state index in [1.54, 1.807) is 28.5 Å². The summed E-state index contributed by atoms with van der Waals surface area (Å²) in [6.45, 7) is 6.73. The van der Waals surface area contributed by atoms with Gasteiger partial charge in [-0.1, -0.05) is 24.3 Å². The van der Waals surface area contributed by atoms with Crippen LogP contribution in [-0.2, 0) is 12.7 Å². The third-order valence-corrected chi connectivity index (χ3v) is 6.60. The summed E-state index contributed by atoms with van der Waals surface area (Å²) in [5, 5.41) is 0. The molecule has 0 spiro atoms. The molecule has 2 aromatic heterocycles. The molecule has 9 heteroatoms. The van der Waals surface area contributed by atoms with Crippen molar-refractivity contribution in [3.63, 3.8) is 0 Å². The van der Waals surface area contributed by atoms with Crippen molar-refractivity contribution in [2.75, 3.05) is 37.7 Å². The minimum Gasteiger partial charge on any atom is -0.492 e. The number of fused-ring (bicyclic) bond motifs is 1. The van der Waals surface area contributed by atoms with Gasteiger partial charge in [0, 0.05) is 44.9 Å². The molecule has 1 amide bonds. The lowest BCUT2D eigenvalue weighted by Crippen LogP contribution is -2.49. The first-order valence-corrected chi connectivity index (χ1v) is 12.3. The van der Waals surface area contributed by atoms with Crippen LogP contribution in [-0.4, -0.2) is 48.2 Å². The number of halogens is 3. The molecule has 0 radical (unpaired) electrons. The van der Waals surface area contributed by atoms with Gasteiger partial charge in [-0.3, -0.25) is 4.79 Å². The minimum atomic E-state index is -4.44. The van der Waals surface area contributed by atoms with Gasteiger partial charge in [-0.25, -0.2) is 0 Å². The monoisotopic (exact) mass is 511 g/mol. The third-order valence-electron chi connectivity index (χ3n) is 6.60. The number of furan rings is 1. The molecule has 0 atom stereocenters. The largest absolute Gasteiger partial charge is 0.492 e. The maximum Gasteiger partial charge on any atom is 0.416 e. The van der Waals surface area contributed by atoms with Gasteiger partial charge in [-0.05, 0) is 43.7 Å². The molecule has 1 fully saturated rings. The number of nitrogens with zero attached hydrogens (tertiary/aromatic N) is 3. The van der Waals surface area contributed by atoms with Crippen LogP contribution < -0.4 is 9.64 Å². The zero-order chi connectivity index (χ0) is 26.2. The molecule has 0 N–H and O–H groups in total. The number of aromatic nitrogens is 1. The van der Waals surface area contributed by atoms with Crippen molar-refractivity contribution >= 4 is 22.7 Å². The van der Waals surface area contributed by atoms with Gasteiger partial charge in [-0.2, -0.15) is 13.2 Å². The Bertz CT molecular complexity index is 1420. The Morgan fingerprint density at radius 2 is 1.76 bits per heavy atom. The van der Waals surface area contributed by atoms with E-state index in [1.807, 2.05) is 37.3 Å². The van der Waals surface area contributed by atoms with Crippen molar-refractivity contribution < 1.29 is 27.1 Å². The molecule has 0 saturated carbocycles. The maximum absolute atomic E-state index is 13.6. The SMILES string of the molecule is CCOc1ccccc1N1CCN(C(=O)c2cc3oc(C)cc3n2Cc2cccc(C(F)(F)F)c2)CC1. The second-order valence-corrected chi connectivity index (χ2v) is 9.10. The summed E-state index contributed by atoms with van der Waals surface area (Å²) in [6.07, 6.45) is -4.44. The topological polar surface area (TPSA) is 50.9 Å². The number of aryl methyl sites for hydroxylation is 1. The van der Waals surface area contributed by atoms with E-state index >= 15 is 0 Å². The number of piperazine rings is 1. The van der Waals surface area contributed by atoms with Crippen LogP contribution in [0.3, 0.4) is 0 Å². The van der Waals surface area contributed by atoms with Gasteiger partial charge in [0.15, 0.2) is 5.58 Å². The predicted octanol–water partition coefficient (Wildman–Crippen LogP) is 5.97. The number of amides is 1. The number of alkyl halides is 3. The number of benzene rings is 2. The number of para-hydroxylation sites is 2. The fourth-order valence-corrected chi connectivity index (χ4v) is 4.85. The fourth-order valence-electron chi connectivity index (χ4n) is 4.85. The first-order valence-electron chi connectivity index (χ1n) is 12.3. The molecule has 194 valence electrons. The molecule has 0 bridgehead atoms. The molecule has 1 saturated heterocycles. The Balaban J connectivity index is 1.39. The standard InChI is InChI=1S/C28H28F3N3O3/c1-3-36-25-10-5-4-9-22(25)32-11-13-33(14-12-32)27(35)24-17-26-23(15-19(2)37-26)34(24)18-20-7-6-8-21(16-20)28(29,30)31/h4-10,15-17H,3,11-14,18H2,1-2H3. The number of carbonyl (C=O) groups is 1. The highest BCUT2D eigenvalue weighted by Gasteiger charge is 2.31. The molecule has 6 nitrogen and oxygen atoms in total. The molecular weight excluding hydrogens is 483 g/mol. The average molecular weight is 512 g/mol. The smallest absolute Gasteiger partial charge is 0.416 e. The zero-order valence-electron chi connectivity index (χ0n) is 20.7. The van der Waals surface area contributed by atoms with Crippen molar-refractivity contribution in [2.24, 2.45) is 0 Å². The quantitative estimate of drug-likeness (QED) is 0.320. The number of carbonyl (C=O) groups excluding carboxylic acids is 1. The highest BCUT2D eigenvalue weighted by molar-refractivity contribution is 5.98. The summed E-state index contributed by atoms with van der Waals surface area (Å²) < 4.78 is 53.1. The van der Waals surface area contributed by atoms with Crippen LogP contribution in [0.5, 0.6) is 5.75 Å². The highest BCUT2D eigenvalue weighted by atomic mass is 19.4. The normalized spacial score (nSPS) is 14.4. The molecule has 37 heavy (non-hydrogen) atoms. The minimum absolute atomic E-state index is 0.120. The number of ether oxygens (including phenoxy) is 1. The summed E-state index contributed by atoms with van der Waals surface area (Å²) in [6, 6.07) is 16.5. The van der Waals surface area contributed by atoms with Crippen LogP contribution in [0.15, 0.2) is 65.1 Å². The number of rotatable bonds is 6. The number of anilines is 1. The summed E-state index contributed by atoms with van der Waals surface area (Å²) >= 11 is 0. The van der Waals surface area contributed by atoms with E-state index < -0.39 is 11.7 Å². The summed E-state index contributed by atoms with van der Waals surface area (Å²) in [7, 11) is 0. The van der Waals surface area contributed by atoms with Gasteiger partial charge < -0.3 is 23.5 Å². The van der Waals surface area contributed by atoms with E-state index in [2.05, 4.69) is 4.90 Å². The van der Waals surface area contributed by atoms with E-state index in [9.17, 15) is 18.0 Å². The molecule has 1 aliphatic heterocycles. The lowest BCUT2D eigenvalue weighted by molar-refractivity contribution is -0.137. The lowest BCUT2D eigenvalue weighted by atomic mass is 10.1. The second kappa shape index (κ2) is 9.88. The van der Waals surface area contributed by atoms with Crippen LogP contribution in [0, 0.1) is 6.92 Å². The van der Waals surface area contributed by atoms with E-state index in [0.29, 0.717) is 60.9 Å². The first kappa shape index (κ1) is 24.8. The Hall–Kier alpha value is -3.88. The van der Waals surface area contributed by atoms with E-state index in [1.165, 1.54) is 6.07 Å². The molecule has 5 rings (SSSR count). The molecule has 0 unspecified atom stereocenters. The second-order valence-electron chi connectivity index (χ2n) is 9.10. The Morgan fingerprint density at radius 1 is 1.00 bits per heavy atom. The Kier molecular flexibility index (Phi) is 6.62. The molecular formula is C28H28F3N3O3. The van der Waals surface area contributed by atoms with Gasteiger partial charge in [0.25, 0.3) is 5.91 Å². The van der Waals surface area contributed by atoms with Crippen molar-refractivity contribution in [3.05, 3.63) is 83.2 Å². The summed E-state index contributed by atoms with van der Waals surface area (Å²) in [4.78, 5) is 17.6. The van der Waals surface area contributed by atoms with Crippen LogP contribution in [0.4, 0.5) is 18.9 Å². The van der Waals surface area contributed by atoms with Crippen LogP contribution in [0.25, 0.3) is 11.1 Å². The van der Waals surface area contributed by atoms with Crippen LogP contribution in [0.2, 0.25) is 0 Å². The van der Waals surface area contributed by atoms with Gasteiger partial charge in [-0.15, -0.1) is 0 Å². The molecule has 3 heterocycles. The molecule has 0 aliphatic carbocycles. The molecule has 1 aliphatic rings. The Labute approximate surface area is 212 Å². The first-order chi connectivity index (χ1) is 17.7. The predicted molar refractivity (Wildman–Crippen MR) is 135 cm³/mol. The average Bonchev–Trinajstić information content (AvgIpc) is 3.40. The van der Waals surface area contributed by atoms with Crippen LogP contribution in [0.1, 0.15) is 34.3 Å². The number of hydrogen-bond donors (Lipinski definition) is 0. The molecule has 4 aromatic rings. The van der Waals surface area contributed by atoms with E-state index in [-0.39, 0.29) is 12.5 Å². The van der Waals surface area contributed by atoms with Crippen LogP contribution >= 0.6 is 0 Å². The third kappa shape index (κ3) is 5.03. The van der Waals surface area contributed by atoms with E-state index in [4.69, 9.17) is 9.15 Å². The van der Waals surface area contributed by atoms with Gasteiger partial charge in [0.1, 0.15) is 17.2 Å². The van der Waals surface area contributed by atoms with Gasteiger partial charge in [0.2, 0.25) is 0 Å². The number of hydrogen-bond acceptors (Lipinski definition) is 4. The maximum atomic E-state index is 13.6. The summed E-state index contributed by atoms with van der Waals surface area (Å²) in [5.41, 5.74) is 2.36. The highest BCUT2D eigenvalue weighted by Crippen LogP contribution is 2.32. The van der Waals surface area contributed by atoms with Crippen molar-refractivity contribution in [1.29, 1.82) is 0 Å². The summed E-state index contributed by atoms with van der Waals surface area (Å²) in [5.74, 6) is 1.31. The Morgan fingerprint density at radius 3 is 2.49 bits per heavy atom. The van der Waals surface area contributed by atoms with Crippen molar-refractivity contribution in [3.8, 4) is 5.75 Å². The van der Waals surface area contributed by atoms with Crippen molar-refractivity contribution in [1.82, 2.24) is 9.47 Å². The van der Waals surface area contributed by atoms with Gasteiger partial charge in [0.05, 0.1) is 23.4 Å². The fraction of sp³-hybridized carbons (Fsp3) is 0.321. The van der Waals surface area contributed by atoms with Gasteiger partial charge >= 0.3 is 6.18 Å². The van der Waals surface area contributed by atoms with E-state index in [0.717, 1.165) is 23.6 Å². The zero-order valence-corrected chi connectivity index (χ0v) is 20.7. The molecule has 2 aromatic carbocycles. The lowest BCUT2D eigenvalue weighted by Gasteiger charge is -2.36. The van der Waals surface area contributed by atoms with Crippen molar-refractivity contribution in [2.45, 2.75) is 26.6 Å².